The maximum absolute atomic E-state index is 11.9. The lowest BCUT2D eigenvalue weighted by Crippen LogP contribution is -2.06. The van der Waals surface area contributed by atoms with Gasteiger partial charge in [-0.1, -0.05) is 44.2 Å². The van der Waals surface area contributed by atoms with Gasteiger partial charge in [-0.25, -0.2) is 0 Å². The van der Waals surface area contributed by atoms with Crippen molar-refractivity contribution in [2.24, 2.45) is 0 Å². The molecule has 0 aliphatic heterocycles. The van der Waals surface area contributed by atoms with Crippen LogP contribution in [0.3, 0.4) is 0 Å². The third-order valence-electron chi connectivity index (χ3n) is 3.36. The Hall–Kier alpha value is -1.19. The molecular weight excluding hydrogens is 265 g/mol. The van der Waals surface area contributed by atoms with E-state index in [4.69, 9.17) is 5.11 Å². The summed E-state index contributed by atoms with van der Waals surface area (Å²) in [4.78, 5) is 0. The second kappa shape index (κ2) is 8.88. The molecule has 0 bridgehead atoms. The van der Waals surface area contributed by atoms with Crippen LogP contribution < -0.4 is 0 Å². The number of phenols is 1. The molecule has 0 fully saturated rings. The van der Waals surface area contributed by atoms with Crippen LogP contribution in [0.2, 0.25) is 0 Å². The predicted molar refractivity (Wildman–Crippen MR) is 74.8 cm³/mol. The van der Waals surface area contributed by atoms with Gasteiger partial charge in [-0.15, -0.1) is 0 Å². The Balaban J connectivity index is 1.91. The lowest BCUT2D eigenvalue weighted by atomic mass is 10.0. The summed E-state index contributed by atoms with van der Waals surface area (Å²) in [5, 5.41) is 9.15. The number of hydrogen-bond donors (Lipinski definition) is 1. The molecule has 1 rings (SSSR count). The van der Waals surface area contributed by atoms with Gasteiger partial charge in [-0.3, -0.25) is 0 Å². The molecule has 0 amide bonds. The first-order valence-corrected chi connectivity index (χ1v) is 7.32. The van der Waals surface area contributed by atoms with Crippen molar-refractivity contribution < 1.29 is 18.3 Å². The summed E-state index contributed by atoms with van der Waals surface area (Å²) in [5.74, 6) is 0.285. The van der Waals surface area contributed by atoms with Crippen molar-refractivity contribution in [1.29, 1.82) is 0 Å². The summed E-state index contributed by atoms with van der Waals surface area (Å²) < 4.78 is 35.7. The van der Waals surface area contributed by atoms with E-state index in [1.54, 1.807) is 12.1 Å². The number of unbranched alkanes of at least 4 members (excludes halogenated alkanes) is 6. The minimum Gasteiger partial charge on any atom is -0.508 e. The van der Waals surface area contributed by atoms with Gasteiger partial charge >= 0.3 is 6.18 Å². The van der Waals surface area contributed by atoms with Gasteiger partial charge < -0.3 is 5.11 Å². The van der Waals surface area contributed by atoms with Crippen LogP contribution in [0.5, 0.6) is 5.75 Å². The summed E-state index contributed by atoms with van der Waals surface area (Å²) in [6, 6.07) is 7.23. The maximum Gasteiger partial charge on any atom is 0.389 e. The lowest BCUT2D eigenvalue weighted by Gasteiger charge is -2.05. The monoisotopic (exact) mass is 288 g/mol. The molecular formula is C16H23F3O. The number of alkyl halides is 3. The number of aromatic hydroxyl groups is 1. The van der Waals surface area contributed by atoms with E-state index in [9.17, 15) is 13.2 Å². The minimum atomic E-state index is -4.00. The highest BCUT2D eigenvalue weighted by molar-refractivity contribution is 5.25. The van der Waals surface area contributed by atoms with Crippen molar-refractivity contribution >= 4 is 0 Å². The van der Waals surface area contributed by atoms with Crippen LogP contribution in [0, 0.1) is 0 Å². The average Bonchev–Trinajstić information content (AvgIpc) is 2.37. The topological polar surface area (TPSA) is 20.2 Å². The van der Waals surface area contributed by atoms with Crippen molar-refractivity contribution in [2.45, 2.75) is 64.0 Å². The minimum absolute atomic E-state index is 0.261. The first-order chi connectivity index (χ1) is 9.47. The molecule has 0 spiro atoms. The molecule has 20 heavy (non-hydrogen) atoms. The van der Waals surface area contributed by atoms with E-state index < -0.39 is 12.6 Å². The Morgan fingerprint density at radius 3 is 1.80 bits per heavy atom. The Bertz CT molecular complexity index is 357. The largest absolute Gasteiger partial charge is 0.508 e. The summed E-state index contributed by atoms with van der Waals surface area (Å²) in [5.41, 5.74) is 1.22. The van der Waals surface area contributed by atoms with E-state index in [0.29, 0.717) is 6.42 Å². The Kier molecular flexibility index (Phi) is 7.48. The van der Waals surface area contributed by atoms with Crippen molar-refractivity contribution in [3.8, 4) is 5.75 Å². The zero-order chi connectivity index (χ0) is 14.8. The van der Waals surface area contributed by atoms with Crippen molar-refractivity contribution in [3.05, 3.63) is 29.8 Å². The lowest BCUT2D eigenvalue weighted by molar-refractivity contribution is -0.135. The van der Waals surface area contributed by atoms with Gasteiger partial charge in [0.1, 0.15) is 5.75 Å². The normalized spacial score (nSPS) is 11.8. The van der Waals surface area contributed by atoms with E-state index in [2.05, 4.69) is 0 Å². The molecule has 1 nitrogen and oxygen atoms in total. The molecule has 0 heterocycles. The summed E-state index contributed by atoms with van der Waals surface area (Å²) >= 11 is 0. The van der Waals surface area contributed by atoms with Crippen molar-refractivity contribution in [2.75, 3.05) is 0 Å². The van der Waals surface area contributed by atoms with Crippen LogP contribution >= 0.6 is 0 Å². The highest BCUT2D eigenvalue weighted by Gasteiger charge is 2.25. The zero-order valence-electron chi connectivity index (χ0n) is 11.8. The van der Waals surface area contributed by atoms with Gasteiger partial charge in [0.25, 0.3) is 0 Å². The van der Waals surface area contributed by atoms with Gasteiger partial charge in [0.05, 0.1) is 0 Å². The molecule has 0 saturated heterocycles. The molecule has 1 N–H and O–H groups in total. The molecule has 0 aliphatic carbocycles. The van der Waals surface area contributed by atoms with Gasteiger partial charge in [-0.05, 0) is 37.0 Å². The maximum atomic E-state index is 11.9. The molecule has 0 saturated carbocycles. The Morgan fingerprint density at radius 1 is 0.750 bits per heavy atom. The third kappa shape index (κ3) is 8.83. The van der Waals surface area contributed by atoms with Crippen LogP contribution in [0.25, 0.3) is 0 Å². The second-order valence-electron chi connectivity index (χ2n) is 5.26. The van der Waals surface area contributed by atoms with E-state index in [-0.39, 0.29) is 12.2 Å². The molecule has 0 unspecified atom stereocenters. The van der Waals surface area contributed by atoms with Crippen LogP contribution in [0.15, 0.2) is 24.3 Å². The van der Waals surface area contributed by atoms with Gasteiger partial charge in [0, 0.05) is 6.42 Å². The fourth-order valence-electron chi connectivity index (χ4n) is 2.20. The van der Waals surface area contributed by atoms with Crippen LogP contribution in [-0.2, 0) is 6.42 Å². The molecule has 1 aromatic rings. The zero-order valence-corrected chi connectivity index (χ0v) is 11.8. The standard InChI is InChI=1S/C16H23F3O/c17-16(18,19)13-7-5-3-1-2-4-6-8-14-9-11-15(20)12-10-14/h9-12,20H,1-8,13H2. The fourth-order valence-corrected chi connectivity index (χ4v) is 2.20. The Labute approximate surface area is 118 Å². The molecule has 0 atom stereocenters. The number of hydrogen-bond acceptors (Lipinski definition) is 1. The molecule has 4 heteroatoms. The number of rotatable bonds is 9. The van der Waals surface area contributed by atoms with Crippen molar-refractivity contribution in [3.63, 3.8) is 0 Å². The highest BCUT2D eigenvalue weighted by Crippen LogP contribution is 2.23. The van der Waals surface area contributed by atoms with Crippen LogP contribution in [-0.4, -0.2) is 11.3 Å². The smallest absolute Gasteiger partial charge is 0.389 e. The molecule has 0 radical (unpaired) electrons. The summed E-state index contributed by atoms with van der Waals surface area (Å²) in [7, 11) is 0. The first kappa shape index (κ1) is 16.9. The van der Waals surface area contributed by atoms with E-state index in [0.717, 1.165) is 38.5 Å². The van der Waals surface area contributed by atoms with Crippen LogP contribution in [0.1, 0.15) is 56.9 Å². The molecule has 1 aromatic carbocycles. The quantitative estimate of drug-likeness (QED) is 0.585. The van der Waals surface area contributed by atoms with Gasteiger partial charge in [0.15, 0.2) is 0 Å². The molecule has 0 aromatic heterocycles. The van der Waals surface area contributed by atoms with Gasteiger partial charge in [-0.2, -0.15) is 13.2 Å². The van der Waals surface area contributed by atoms with E-state index in [1.165, 1.54) is 5.56 Å². The SMILES string of the molecule is Oc1ccc(CCCCCCCCCC(F)(F)F)cc1. The Morgan fingerprint density at radius 2 is 1.25 bits per heavy atom. The van der Waals surface area contributed by atoms with E-state index >= 15 is 0 Å². The molecule has 114 valence electrons. The average molecular weight is 288 g/mol. The number of benzene rings is 1. The fraction of sp³-hybridized carbons (Fsp3) is 0.625. The van der Waals surface area contributed by atoms with Crippen molar-refractivity contribution in [1.82, 2.24) is 0 Å². The van der Waals surface area contributed by atoms with E-state index in [1.807, 2.05) is 12.1 Å². The summed E-state index contributed by atoms with van der Waals surface area (Å²) in [6.07, 6.45) is 2.50. The summed E-state index contributed by atoms with van der Waals surface area (Å²) in [6.45, 7) is 0. The third-order valence-corrected chi connectivity index (χ3v) is 3.36. The number of aryl methyl sites for hydroxylation is 1. The molecule has 0 aliphatic rings. The highest BCUT2D eigenvalue weighted by atomic mass is 19.4. The van der Waals surface area contributed by atoms with Crippen LogP contribution in [0.4, 0.5) is 13.2 Å². The predicted octanol–water partition coefficient (Wildman–Crippen LogP) is 5.62. The first-order valence-electron chi connectivity index (χ1n) is 7.32. The second-order valence-corrected chi connectivity index (χ2v) is 5.26. The number of halogens is 3. The van der Waals surface area contributed by atoms with Gasteiger partial charge in [0.2, 0.25) is 0 Å². The number of phenolic OH excluding ortho intramolecular Hbond substituents is 1.